The summed E-state index contributed by atoms with van der Waals surface area (Å²) in [5.74, 6) is 2.04. The summed E-state index contributed by atoms with van der Waals surface area (Å²) in [7, 11) is 0. The molecule has 7 nitrogen and oxygen atoms in total. The first kappa shape index (κ1) is 29.9. The highest BCUT2D eigenvalue weighted by Gasteiger charge is 2.15. The molecule has 0 radical (unpaired) electrons. The first-order valence-corrected chi connectivity index (χ1v) is 16.3. The molecular weight excluding hydrogens is 568 g/mol. The standard InChI is InChI=1S/C36H38N4O3S/c1-26-5-6-30(36(42)37-31-11-13-33(14-12-31)40-15-19-43-20-16-40)24-34(26)28-7-9-29(10-8-28)35(41)38-32-4-2-3-27(23-32)25-39-17-21-44-22-18-39/h2-14,23-24H,15-22,25H2,1H3,(H,37,42)(H,38,41). The van der Waals surface area contributed by atoms with E-state index in [-0.39, 0.29) is 11.8 Å². The lowest BCUT2D eigenvalue weighted by atomic mass is 9.97. The topological polar surface area (TPSA) is 73.9 Å². The second-order valence-electron chi connectivity index (χ2n) is 11.3. The van der Waals surface area contributed by atoms with Gasteiger partial charge in [-0.15, -0.1) is 0 Å². The number of carbonyl (C=O) groups excluding carboxylic acids is 2. The van der Waals surface area contributed by atoms with E-state index in [0.29, 0.717) is 11.1 Å². The summed E-state index contributed by atoms with van der Waals surface area (Å²) in [5, 5.41) is 6.07. The van der Waals surface area contributed by atoms with Gasteiger partial charge in [-0.1, -0.05) is 30.3 Å². The number of benzene rings is 4. The van der Waals surface area contributed by atoms with E-state index in [2.05, 4.69) is 32.6 Å². The van der Waals surface area contributed by atoms with Crippen LogP contribution in [0.2, 0.25) is 0 Å². The van der Waals surface area contributed by atoms with Crippen LogP contribution in [0.15, 0.2) is 91.0 Å². The number of nitrogens with one attached hydrogen (secondary N) is 2. The predicted octanol–water partition coefficient (Wildman–Crippen LogP) is 6.55. The molecule has 0 spiro atoms. The third-order valence-electron chi connectivity index (χ3n) is 8.15. The van der Waals surface area contributed by atoms with Gasteiger partial charge in [0.2, 0.25) is 0 Å². The van der Waals surface area contributed by atoms with Gasteiger partial charge in [0.1, 0.15) is 0 Å². The van der Waals surface area contributed by atoms with Gasteiger partial charge in [-0.3, -0.25) is 14.5 Å². The average molecular weight is 607 g/mol. The number of hydrogen-bond donors (Lipinski definition) is 2. The number of hydrogen-bond acceptors (Lipinski definition) is 6. The highest BCUT2D eigenvalue weighted by atomic mass is 32.2. The number of thioether (sulfide) groups is 1. The van der Waals surface area contributed by atoms with Crippen molar-refractivity contribution in [1.29, 1.82) is 0 Å². The summed E-state index contributed by atoms with van der Waals surface area (Å²) in [6, 6.07) is 29.3. The summed E-state index contributed by atoms with van der Waals surface area (Å²) in [4.78, 5) is 31.0. The molecule has 2 saturated heterocycles. The Hall–Kier alpha value is -4.11. The highest BCUT2D eigenvalue weighted by Crippen LogP contribution is 2.27. The van der Waals surface area contributed by atoms with Gasteiger partial charge in [0.25, 0.3) is 11.8 Å². The van der Waals surface area contributed by atoms with Crippen LogP contribution in [0.1, 0.15) is 31.8 Å². The van der Waals surface area contributed by atoms with E-state index in [4.69, 9.17) is 4.74 Å². The van der Waals surface area contributed by atoms with Crippen LogP contribution in [0, 0.1) is 6.92 Å². The van der Waals surface area contributed by atoms with Gasteiger partial charge in [-0.25, -0.2) is 0 Å². The Morgan fingerprint density at radius 3 is 2.18 bits per heavy atom. The average Bonchev–Trinajstić information content (AvgIpc) is 3.06. The molecule has 0 aliphatic carbocycles. The minimum absolute atomic E-state index is 0.146. The van der Waals surface area contributed by atoms with Crippen LogP contribution >= 0.6 is 11.8 Å². The maximum Gasteiger partial charge on any atom is 0.255 e. The van der Waals surface area contributed by atoms with E-state index >= 15 is 0 Å². The van der Waals surface area contributed by atoms with Crippen molar-refractivity contribution in [2.45, 2.75) is 13.5 Å². The molecule has 2 fully saturated rings. The summed E-state index contributed by atoms with van der Waals surface area (Å²) >= 11 is 2.00. The maximum absolute atomic E-state index is 13.2. The number of morpholine rings is 1. The van der Waals surface area contributed by atoms with Crippen molar-refractivity contribution in [1.82, 2.24) is 4.90 Å². The number of carbonyl (C=O) groups is 2. The fourth-order valence-corrected chi connectivity index (χ4v) is 6.60. The number of amides is 2. The first-order valence-electron chi connectivity index (χ1n) is 15.2. The molecule has 0 unspecified atom stereocenters. The van der Waals surface area contributed by atoms with Crippen LogP contribution in [0.5, 0.6) is 0 Å². The zero-order valence-electron chi connectivity index (χ0n) is 25.1. The van der Waals surface area contributed by atoms with Gasteiger partial charge in [-0.2, -0.15) is 11.8 Å². The molecule has 2 heterocycles. The molecule has 0 bridgehead atoms. The molecule has 0 aromatic heterocycles. The predicted molar refractivity (Wildman–Crippen MR) is 181 cm³/mol. The monoisotopic (exact) mass is 606 g/mol. The Labute approximate surface area is 263 Å². The molecule has 4 aromatic carbocycles. The van der Waals surface area contributed by atoms with Gasteiger partial charge >= 0.3 is 0 Å². The molecular formula is C36H38N4O3S. The third-order valence-corrected chi connectivity index (χ3v) is 9.10. The Kier molecular flexibility index (Phi) is 9.61. The van der Waals surface area contributed by atoms with Gasteiger partial charge in [0.05, 0.1) is 13.2 Å². The maximum atomic E-state index is 13.2. The summed E-state index contributed by atoms with van der Waals surface area (Å²) in [6.07, 6.45) is 0. The molecule has 0 saturated carbocycles. The lowest BCUT2D eigenvalue weighted by molar-refractivity contribution is 0.101. The molecule has 2 amide bonds. The summed E-state index contributed by atoms with van der Waals surface area (Å²) in [5.41, 5.74) is 8.00. The molecule has 0 atom stereocenters. The number of aryl methyl sites for hydroxylation is 1. The van der Waals surface area contributed by atoms with Gasteiger partial charge < -0.3 is 20.3 Å². The number of rotatable bonds is 8. The smallest absolute Gasteiger partial charge is 0.255 e. The van der Waals surface area contributed by atoms with Crippen LogP contribution in [-0.4, -0.2) is 67.6 Å². The van der Waals surface area contributed by atoms with E-state index < -0.39 is 0 Å². The third kappa shape index (κ3) is 7.50. The molecule has 2 aliphatic heterocycles. The Morgan fingerprint density at radius 1 is 0.750 bits per heavy atom. The Balaban J connectivity index is 1.09. The second kappa shape index (κ2) is 14.1. The van der Waals surface area contributed by atoms with E-state index in [1.807, 2.05) is 97.5 Å². The van der Waals surface area contributed by atoms with Crippen LogP contribution in [0.3, 0.4) is 0 Å². The van der Waals surface area contributed by atoms with Gasteiger partial charge in [0, 0.05) is 72.4 Å². The van der Waals surface area contributed by atoms with Gasteiger partial charge in [-0.05, 0) is 89.8 Å². The number of nitrogens with zero attached hydrogens (tertiary/aromatic N) is 2. The molecule has 6 rings (SSSR count). The van der Waals surface area contributed by atoms with E-state index in [9.17, 15) is 9.59 Å². The zero-order valence-corrected chi connectivity index (χ0v) is 25.9. The van der Waals surface area contributed by atoms with Crippen LogP contribution < -0.4 is 15.5 Å². The van der Waals surface area contributed by atoms with Crippen molar-refractivity contribution < 1.29 is 14.3 Å². The molecule has 2 N–H and O–H groups in total. The fraction of sp³-hybridized carbons (Fsp3) is 0.278. The van der Waals surface area contributed by atoms with Crippen molar-refractivity contribution in [3.8, 4) is 11.1 Å². The molecule has 4 aromatic rings. The van der Waals surface area contributed by atoms with Crippen molar-refractivity contribution >= 4 is 40.6 Å². The summed E-state index contributed by atoms with van der Waals surface area (Å²) < 4.78 is 5.44. The lowest BCUT2D eigenvalue weighted by Crippen LogP contribution is -2.36. The molecule has 8 heteroatoms. The van der Waals surface area contributed by atoms with Crippen molar-refractivity contribution in [2.24, 2.45) is 0 Å². The zero-order chi connectivity index (χ0) is 30.3. The molecule has 2 aliphatic rings. The van der Waals surface area contributed by atoms with E-state index in [1.165, 1.54) is 17.1 Å². The molecule has 44 heavy (non-hydrogen) atoms. The minimum atomic E-state index is -0.164. The largest absolute Gasteiger partial charge is 0.378 e. The second-order valence-corrected chi connectivity index (χ2v) is 12.5. The lowest BCUT2D eigenvalue weighted by Gasteiger charge is -2.28. The van der Waals surface area contributed by atoms with Crippen molar-refractivity contribution in [3.63, 3.8) is 0 Å². The quantitative estimate of drug-likeness (QED) is 0.237. The Morgan fingerprint density at radius 2 is 1.43 bits per heavy atom. The fourth-order valence-electron chi connectivity index (χ4n) is 5.62. The van der Waals surface area contributed by atoms with Crippen LogP contribution in [0.25, 0.3) is 11.1 Å². The van der Waals surface area contributed by atoms with Crippen LogP contribution in [0.4, 0.5) is 17.1 Å². The minimum Gasteiger partial charge on any atom is -0.378 e. The SMILES string of the molecule is Cc1ccc(C(=O)Nc2ccc(N3CCOCC3)cc2)cc1-c1ccc(C(=O)Nc2cccc(CN3CCSCC3)c2)cc1. The molecule has 226 valence electrons. The van der Waals surface area contributed by atoms with Crippen molar-refractivity contribution in [2.75, 3.05) is 66.4 Å². The first-order chi connectivity index (χ1) is 21.5. The normalized spacial score (nSPS) is 15.5. The van der Waals surface area contributed by atoms with E-state index in [0.717, 1.165) is 79.7 Å². The highest BCUT2D eigenvalue weighted by molar-refractivity contribution is 7.99. The van der Waals surface area contributed by atoms with E-state index in [1.54, 1.807) is 0 Å². The Bertz CT molecular complexity index is 1590. The van der Waals surface area contributed by atoms with Crippen molar-refractivity contribution in [3.05, 3.63) is 113 Å². The number of anilines is 3. The van der Waals surface area contributed by atoms with Gasteiger partial charge in [0.15, 0.2) is 0 Å². The summed E-state index contributed by atoms with van der Waals surface area (Å²) in [6.45, 7) is 8.34. The van der Waals surface area contributed by atoms with Crippen LogP contribution in [-0.2, 0) is 11.3 Å². The number of ether oxygens (including phenoxy) is 1.